The molecular weight excluding hydrogens is 234 g/mol. The monoisotopic (exact) mass is 247 g/mol. The number of hydrogen-bond donors (Lipinski definition) is 2. The molecule has 0 aliphatic carbocycles. The van der Waals surface area contributed by atoms with Gasteiger partial charge in [0.05, 0.1) is 0 Å². The maximum absolute atomic E-state index is 5.19. The Morgan fingerprint density at radius 3 is 2.82 bits per heavy atom. The number of rotatable bonds is 3. The number of aromatic nitrogens is 1. The van der Waals surface area contributed by atoms with Gasteiger partial charge < -0.3 is 15.2 Å². The number of hydrogen-bond acceptors (Lipinski definition) is 3. The van der Waals surface area contributed by atoms with E-state index >= 15 is 0 Å². The predicted octanol–water partition coefficient (Wildman–Crippen LogP) is 3.05. The SMILES string of the molecule is CCc1ccccc1NC(=S)Nc1ccon1. The van der Waals surface area contributed by atoms with E-state index in [0.29, 0.717) is 10.9 Å². The van der Waals surface area contributed by atoms with E-state index < -0.39 is 0 Å². The summed E-state index contributed by atoms with van der Waals surface area (Å²) < 4.78 is 4.71. The molecule has 88 valence electrons. The molecule has 0 unspecified atom stereocenters. The minimum Gasteiger partial charge on any atom is -0.363 e. The quantitative estimate of drug-likeness (QED) is 0.816. The molecule has 1 heterocycles. The van der Waals surface area contributed by atoms with Gasteiger partial charge in [0.2, 0.25) is 0 Å². The number of nitrogens with one attached hydrogen (secondary N) is 2. The summed E-state index contributed by atoms with van der Waals surface area (Å²) in [5, 5.41) is 10.3. The summed E-state index contributed by atoms with van der Waals surface area (Å²) >= 11 is 5.19. The molecule has 2 aromatic rings. The van der Waals surface area contributed by atoms with Crippen molar-refractivity contribution >= 4 is 28.8 Å². The third-order valence-electron chi connectivity index (χ3n) is 2.33. The van der Waals surface area contributed by atoms with Crippen molar-refractivity contribution in [3.05, 3.63) is 42.2 Å². The van der Waals surface area contributed by atoms with E-state index in [-0.39, 0.29) is 0 Å². The Balaban J connectivity index is 2.03. The second kappa shape index (κ2) is 5.45. The molecule has 1 aromatic carbocycles. The van der Waals surface area contributed by atoms with Crippen LogP contribution in [0.2, 0.25) is 0 Å². The average molecular weight is 247 g/mol. The Morgan fingerprint density at radius 2 is 2.12 bits per heavy atom. The third kappa shape index (κ3) is 3.04. The second-order valence-electron chi connectivity index (χ2n) is 3.47. The molecular formula is C12H13N3OS. The first-order valence-corrected chi connectivity index (χ1v) is 5.76. The highest BCUT2D eigenvalue weighted by molar-refractivity contribution is 7.80. The van der Waals surface area contributed by atoms with Crippen molar-refractivity contribution in [1.29, 1.82) is 0 Å². The molecule has 0 radical (unpaired) electrons. The number of anilines is 2. The zero-order valence-electron chi connectivity index (χ0n) is 9.43. The lowest BCUT2D eigenvalue weighted by Crippen LogP contribution is -2.19. The molecule has 0 aliphatic heterocycles. The molecule has 0 fully saturated rings. The molecule has 0 aliphatic rings. The van der Waals surface area contributed by atoms with Crippen LogP contribution in [-0.4, -0.2) is 10.3 Å². The van der Waals surface area contributed by atoms with Gasteiger partial charge in [-0.15, -0.1) is 0 Å². The number of thiocarbonyl (C=S) groups is 1. The van der Waals surface area contributed by atoms with Crippen LogP contribution in [0.25, 0.3) is 0 Å². The van der Waals surface area contributed by atoms with Crippen LogP contribution in [0.4, 0.5) is 11.5 Å². The summed E-state index contributed by atoms with van der Waals surface area (Å²) in [5.74, 6) is 0.594. The normalized spacial score (nSPS) is 9.94. The van der Waals surface area contributed by atoms with Crippen molar-refractivity contribution in [2.45, 2.75) is 13.3 Å². The first-order valence-electron chi connectivity index (χ1n) is 5.36. The van der Waals surface area contributed by atoms with Gasteiger partial charge in [-0.25, -0.2) is 0 Å². The Kier molecular flexibility index (Phi) is 3.72. The fourth-order valence-corrected chi connectivity index (χ4v) is 1.71. The lowest BCUT2D eigenvalue weighted by molar-refractivity contribution is 0.423. The maximum Gasteiger partial charge on any atom is 0.176 e. The van der Waals surface area contributed by atoms with Crippen LogP contribution in [0.15, 0.2) is 41.1 Å². The highest BCUT2D eigenvalue weighted by Gasteiger charge is 2.03. The van der Waals surface area contributed by atoms with Crippen LogP contribution < -0.4 is 10.6 Å². The van der Waals surface area contributed by atoms with Crippen LogP contribution in [0.5, 0.6) is 0 Å². The summed E-state index contributed by atoms with van der Waals surface area (Å²) in [6.45, 7) is 2.11. The van der Waals surface area contributed by atoms with E-state index in [9.17, 15) is 0 Å². The largest absolute Gasteiger partial charge is 0.363 e. The first-order chi connectivity index (χ1) is 8.29. The molecule has 0 atom stereocenters. The van der Waals surface area contributed by atoms with Gasteiger partial charge in [-0.3, -0.25) is 0 Å². The predicted molar refractivity (Wildman–Crippen MR) is 72.2 cm³/mol. The van der Waals surface area contributed by atoms with E-state index in [4.69, 9.17) is 16.7 Å². The van der Waals surface area contributed by atoms with Gasteiger partial charge in [0.25, 0.3) is 0 Å². The van der Waals surface area contributed by atoms with Crippen molar-refractivity contribution in [3.8, 4) is 0 Å². The van der Waals surface area contributed by atoms with Gasteiger partial charge in [0.15, 0.2) is 10.9 Å². The van der Waals surface area contributed by atoms with E-state index in [2.05, 4.69) is 28.8 Å². The Morgan fingerprint density at radius 1 is 1.29 bits per heavy atom. The van der Waals surface area contributed by atoms with Gasteiger partial charge in [0.1, 0.15) is 6.26 Å². The molecule has 0 saturated carbocycles. The topological polar surface area (TPSA) is 50.1 Å². The molecule has 2 N–H and O–H groups in total. The molecule has 5 heteroatoms. The smallest absolute Gasteiger partial charge is 0.176 e. The Bertz CT molecular complexity index is 496. The number of aryl methyl sites for hydroxylation is 1. The van der Waals surface area contributed by atoms with Gasteiger partial charge in [-0.2, -0.15) is 0 Å². The standard InChI is InChI=1S/C12H13N3OS/c1-2-9-5-3-4-6-10(9)13-12(17)14-11-7-8-16-15-11/h3-8H,2H2,1H3,(H2,13,14,15,17). The molecule has 17 heavy (non-hydrogen) atoms. The Hall–Kier alpha value is -1.88. The lowest BCUT2D eigenvalue weighted by Gasteiger charge is -2.11. The van der Waals surface area contributed by atoms with E-state index in [1.807, 2.05) is 18.2 Å². The molecule has 0 spiro atoms. The summed E-state index contributed by atoms with van der Waals surface area (Å²) in [6.07, 6.45) is 2.45. The highest BCUT2D eigenvalue weighted by Crippen LogP contribution is 2.15. The van der Waals surface area contributed by atoms with Crippen molar-refractivity contribution < 1.29 is 4.52 Å². The fourth-order valence-electron chi connectivity index (χ4n) is 1.50. The average Bonchev–Trinajstić information content (AvgIpc) is 2.82. The van der Waals surface area contributed by atoms with Gasteiger partial charge in [-0.1, -0.05) is 30.3 Å². The van der Waals surface area contributed by atoms with Gasteiger partial charge in [0, 0.05) is 11.8 Å². The summed E-state index contributed by atoms with van der Waals surface area (Å²) in [7, 11) is 0. The van der Waals surface area contributed by atoms with Crippen molar-refractivity contribution in [2.75, 3.05) is 10.6 Å². The lowest BCUT2D eigenvalue weighted by atomic mass is 10.1. The zero-order valence-corrected chi connectivity index (χ0v) is 10.3. The number of para-hydroxylation sites is 1. The molecule has 1 aromatic heterocycles. The number of benzene rings is 1. The van der Waals surface area contributed by atoms with Crippen molar-refractivity contribution in [1.82, 2.24) is 5.16 Å². The van der Waals surface area contributed by atoms with Gasteiger partial charge >= 0.3 is 0 Å². The van der Waals surface area contributed by atoms with E-state index in [1.54, 1.807) is 6.07 Å². The van der Waals surface area contributed by atoms with Crippen LogP contribution >= 0.6 is 12.2 Å². The van der Waals surface area contributed by atoms with Crippen molar-refractivity contribution in [3.63, 3.8) is 0 Å². The molecule has 4 nitrogen and oxygen atoms in total. The van der Waals surface area contributed by atoms with Crippen LogP contribution in [0.1, 0.15) is 12.5 Å². The summed E-state index contributed by atoms with van der Waals surface area (Å²) in [4.78, 5) is 0. The van der Waals surface area contributed by atoms with Gasteiger partial charge in [-0.05, 0) is 30.3 Å². The fraction of sp³-hybridized carbons (Fsp3) is 0.167. The maximum atomic E-state index is 5.19. The van der Waals surface area contributed by atoms with E-state index in [0.717, 1.165) is 12.1 Å². The summed E-state index contributed by atoms with van der Waals surface area (Å²) in [6, 6.07) is 9.76. The third-order valence-corrected chi connectivity index (χ3v) is 2.53. The Labute approximate surface area is 105 Å². The van der Waals surface area contributed by atoms with Crippen molar-refractivity contribution in [2.24, 2.45) is 0 Å². The number of nitrogens with zero attached hydrogens (tertiary/aromatic N) is 1. The van der Waals surface area contributed by atoms with E-state index in [1.165, 1.54) is 11.8 Å². The zero-order chi connectivity index (χ0) is 12.1. The van der Waals surface area contributed by atoms with Crippen LogP contribution in [0, 0.1) is 0 Å². The molecule has 0 saturated heterocycles. The first kappa shape index (κ1) is 11.6. The molecule has 0 amide bonds. The minimum absolute atomic E-state index is 0.500. The molecule has 2 rings (SSSR count). The van der Waals surface area contributed by atoms with Crippen LogP contribution in [-0.2, 0) is 6.42 Å². The highest BCUT2D eigenvalue weighted by atomic mass is 32.1. The second-order valence-corrected chi connectivity index (χ2v) is 3.88. The summed E-state index contributed by atoms with van der Waals surface area (Å²) in [5.41, 5.74) is 2.23. The molecule has 0 bridgehead atoms. The minimum atomic E-state index is 0.500. The van der Waals surface area contributed by atoms with Crippen LogP contribution in [0.3, 0.4) is 0 Å².